The van der Waals surface area contributed by atoms with Crippen molar-refractivity contribution in [3.8, 4) is 34.2 Å². The standard InChI is InChI=1S/C35H21N3S/c1-3-10-24(11-4-1)33-36-34(25-12-5-2-6-13-25)38-35(37-33)26-18-20-30-29(21-26)28-19-17-23-16-15-22-9-7-8-14-27(22)31(23)32(28)39-30/h1-21H. The number of thiophene rings is 1. The molecule has 6 aromatic carbocycles. The summed E-state index contributed by atoms with van der Waals surface area (Å²) < 4.78 is 2.58. The van der Waals surface area contributed by atoms with Crippen molar-refractivity contribution in [2.45, 2.75) is 0 Å². The third-order valence-electron chi connectivity index (χ3n) is 7.30. The molecule has 39 heavy (non-hydrogen) atoms. The number of nitrogens with zero attached hydrogens (tertiary/aromatic N) is 3. The van der Waals surface area contributed by atoms with Crippen LogP contribution >= 0.6 is 11.3 Å². The first-order valence-corrected chi connectivity index (χ1v) is 13.8. The number of aromatic nitrogens is 3. The summed E-state index contributed by atoms with van der Waals surface area (Å²) in [6.45, 7) is 0. The minimum absolute atomic E-state index is 0.673. The third-order valence-corrected chi connectivity index (χ3v) is 8.51. The number of benzene rings is 6. The van der Waals surface area contributed by atoms with E-state index < -0.39 is 0 Å². The Labute approximate surface area is 229 Å². The molecule has 0 spiro atoms. The molecular formula is C35H21N3S. The maximum Gasteiger partial charge on any atom is 0.164 e. The summed E-state index contributed by atoms with van der Waals surface area (Å²) >= 11 is 1.86. The van der Waals surface area contributed by atoms with Crippen LogP contribution in [0.5, 0.6) is 0 Å². The number of rotatable bonds is 3. The minimum atomic E-state index is 0.673. The van der Waals surface area contributed by atoms with Crippen molar-refractivity contribution in [2.24, 2.45) is 0 Å². The van der Waals surface area contributed by atoms with Gasteiger partial charge < -0.3 is 0 Å². The van der Waals surface area contributed by atoms with Gasteiger partial charge in [-0.1, -0.05) is 109 Å². The van der Waals surface area contributed by atoms with Crippen molar-refractivity contribution < 1.29 is 0 Å². The first-order chi connectivity index (χ1) is 19.3. The van der Waals surface area contributed by atoms with Crippen molar-refractivity contribution in [3.05, 3.63) is 127 Å². The van der Waals surface area contributed by atoms with Gasteiger partial charge in [0.2, 0.25) is 0 Å². The molecule has 0 amide bonds. The first-order valence-electron chi connectivity index (χ1n) is 13.0. The lowest BCUT2D eigenvalue weighted by atomic mass is 9.99. The molecule has 0 atom stereocenters. The van der Waals surface area contributed by atoms with Gasteiger partial charge >= 0.3 is 0 Å². The molecular weight excluding hydrogens is 494 g/mol. The maximum atomic E-state index is 4.94. The monoisotopic (exact) mass is 515 g/mol. The number of hydrogen-bond donors (Lipinski definition) is 0. The Morgan fingerprint density at radius 2 is 1.00 bits per heavy atom. The molecule has 8 aromatic rings. The predicted molar refractivity (Wildman–Crippen MR) is 164 cm³/mol. The lowest BCUT2D eigenvalue weighted by Crippen LogP contribution is -2.00. The van der Waals surface area contributed by atoms with E-state index in [0.717, 1.165) is 16.7 Å². The Kier molecular flexibility index (Phi) is 5.00. The molecule has 0 unspecified atom stereocenters. The quantitative estimate of drug-likeness (QED) is 0.220. The Hall–Kier alpha value is -4.93. The summed E-state index contributed by atoms with van der Waals surface area (Å²) in [6, 6.07) is 44.4. The van der Waals surface area contributed by atoms with E-state index in [9.17, 15) is 0 Å². The summed E-state index contributed by atoms with van der Waals surface area (Å²) in [6.07, 6.45) is 0. The van der Waals surface area contributed by atoms with Crippen LogP contribution in [0.4, 0.5) is 0 Å². The van der Waals surface area contributed by atoms with Crippen LogP contribution in [0.15, 0.2) is 127 Å². The summed E-state index contributed by atoms with van der Waals surface area (Å²) in [5.41, 5.74) is 2.93. The highest BCUT2D eigenvalue weighted by molar-refractivity contribution is 7.26. The van der Waals surface area contributed by atoms with E-state index in [1.54, 1.807) is 0 Å². The zero-order chi connectivity index (χ0) is 25.8. The van der Waals surface area contributed by atoms with Crippen LogP contribution in [0.2, 0.25) is 0 Å². The lowest BCUT2D eigenvalue weighted by molar-refractivity contribution is 1.07. The highest BCUT2D eigenvalue weighted by Crippen LogP contribution is 2.42. The fourth-order valence-corrected chi connectivity index (χ4v) is 6.65. The van der Waals surface area contributed by atoms with Crippen LogP contribution in [0.3, 0.4) is 0 Å². The summed E-state index contributed by atoms with van der Waals surface area (Å²) in [4.78, 5) is 14.7. The number of hydrogen-bond acceptors (Lipinski definition) is 4. The third kappa shape index (κ3) is 3.69. The van der Waals surface area contributed by atoms with Crippen LogP contribution in [-0.4, -0.2) is 15.0 Å². The van der Waals surface area contributed by atoms with Gasteiger partial charge in [-0.05, 0) is 34.4 Å². The van der Waals surface area contributed by atoms with Crippen molar-refractivity contribution in [2.75, 3.05) is 0 Å². The van der Waals surface area contributed by atoms with E-state index in [4.69, 9.17) is 15.0 Å². The van der Waals surface area contributed by atoms with Crippen LogP contribution in [0.1, 0.15) is 0 Å². The molecule has 0 saturated heterocycles. The Morgan fingerprint density at radius 3 is 1.72 bits per heavy atom. The molecule has 8 rings (SSSR count). The maximum absolute atomic E-state index is 4.94. The SMILES string of the molecule is c1ccc(-c2nc(-c3ccccc3)nc(-c3ccc4sc5c(ccc6ccc7ccccc7c65)c4c3)n2)cc1. The molecule has 0 aliphatic heterocycles. The van der Waals surface area contributed by atoms with E-state index in [1.165, 1.54) is 41.7 Å². The van der Waals surface area contributed by atoms with Crippen molar-refractivity contribution in [1.82, 2.24) is 15.0 Å². The van der Waals surface area contributed by atoms with Gasteiger partial charge in [0.25, 0.3) is 0 Å². The molecule has 0 aliphatic rings. The molecule has 3 nitrogen and oxygen atoms in total. The molecule has 4 heteroatoms. The second-order valence-corrected chi connectivity index (χ2v) is 10.7. The van der Waals surface area contributed by atoms with E-state index in [0.29, 0.717) is 17.5 Å². The molecule has 182 valence electrons. The van der Waals surface area contributed by atoms with Gasteiger partial charge in [-0.2, -0.15) is 0 Å². The lowest BCUT2D eigenvalue weighted by Gasteiger charge is -2.08. The summed E-state index contributed by atoms with van der Waals surface area (Å²) in [5.74, 6) is 2.02. The molecule has 0 bridgehead atoms. The average Bonchev–Trinajstić information content (AvgIpc) is 3.39. The van der Waals surface area contributed by atoms with E-state index in [1.807, 2.05) is 72.0 Å². The molecule has 0 N–H and O–H groups in total. The minimum Gasteiger partial charge on any atom is -0.208 e. The molecule has 0 aliphatic carbocycles. The largest absolute Gasteiger partial charge is 0.208 e. The highest BCUT2D eigenvalue weighted by Gasteiger charge is 2.15. The van der Waals surface area contributed by atoms with Gasteiger partial charge in [0.05, 0.1) is 0 Å². The van der Waals surface area contributed by atoms with E-state index >= 15 is 0 Å². The second-order valence-electron chi connectivity index (χ2n) is 9.68. The van der Waals surface area contributed by atoms with Gasteiger partial charge in [-0.25, -0.2) is 15.0 Å². The smallest absolute Gasteiger partial charge is 0.164 e. The second kappa shape index (κ2) is 8.83. The van der Waals surface area contributed by atoms with E-state index in [2.05, 4.69) is 66.7 Å². The van der Waals surface area contributed by atoms with Gasteiger partial charge in [0.15, 0.2) is 17.5 Å². The zero-order valence-corrected chi connectivity index (χ0v) is 21.7. The average molecular weight is 516 g/mol. The van der Waals surface area contributed by atoms with Crippen LogP contribution in [0, 0.1) is 0 Å². The highest BCUT2D eigenvalue weighted by atomic mass is 32.1. The molecule has 0 radical (unpaired) electrons. The van der Waals surface area contributed by atoms with Gasteiger partial charge in [-0.3, -0.25) is 0 Å². The normalized spacial score (nSPS) is 11.6. The first kappa shape index (κ1) is 22.1. The van der Waals surface area contributed by atoms with Gasteiger partial charge in [0, 0.05) is 42.2 Å². The predicted octanol–water partition coefficient (Wildman–Crippen LogP) is 9.55. The molecule has 0 saturated carbocycles. The van der Waals surface area contributed by atoms with Crippen LogP contribution in [-0.2, 0) is 0 Å². The van der Waals surface area contributed by atoms with Gasteiger partial charge in [0.1, 0.15) is 0 Å². The molecule has 0 fully saturated rings. The van der Waals surface area contributed by atoms with Crippen LogP contribution < -0.4 is 0 Å². The summed E-state index contributed by atoms with van der Waals surface area (Å²) in [7, 11) is 0. The fourth-order valence-electron chi connectivity index (χ4n) is 5.40. The van der Waals surface area contributed by atoms with Crippen molar-refractivity contribution in [1.29, 1.82) is 0 Å². The van der Waals surface area contributed by atoms with Crippen molar-refractivity contribution >= 4 is 53.1 Å². The zero-order valence-electron chi connectivity index (χ0n) is 20.9. The van der Waals surface area contributed by atoms with E-state index in [-0.39, 0.29) is 0 Å². The molecule has 2 heterocycles. The Bertz CT molecular complexity index is 2110. The fraction of sp³-hybridized carbons (Fsp3) is 0. The van der Waals surface area contributed by atoms with Crippen molar-refractivity contribution in [3.63, 3.8) is 0 Å². The Morgan fingerprint density at radius 1 is 0.410 bits per heavy atom. The number of fused-ring (bicyclic) bond motifs is 7. The molecule has 2 aromatic heterocycles. The summed E-state index contributed by atoms with van der Waals surface area (Å²) in [5, 5.41) is 7.65. The Balaban J connectivity index is 1.37. The topological polar surface area (TPSA) is 38.7 Å². The van der Waals surface area contributed by atoms with Crippen LogP contribution in [0.25, 0.3) is 75.9 Å². The van der Waals surface area contributed by atoms with Gasteiger partial charge in [-0.15, -0.1) is 11.3 Å².